The molecule has 0 aliphatic carbocycles. The second kappa shape index (κ2) is 5.81. The van der Waals surface area contributed by atoms with Crippen LogP contribution in [-0.2, 0) is 4.79 Å². The van der Waals surface area contributed by atoms with Gasteiger partial charge in [-0.25, -0.2) is 4.79 Å². The number of nitrogens with one attached hydrogen (secondary N) is 1. The zero-order valence-corrected chi connectivity index (χ0v) is 12.6. The van der Waals surface area contributed by atoms with Crippen LogP contribution in [0.1, 0.15) is 37.0 Å². The number of amides is 1. The van der Waals surface area contributed by atoms with Gasteiger partial charge in [0.2, 0.25) is 0 Å². The molecule has 0 aliphatic rings. The lowest BCUT2D eigenvalue weighted by atomic mass is 9.96. The second-order valence-electron chi connectivity index (χ2n) is 3.98. The molecule has 1 rings (SSSR count). The van der Waals surface area contributed by atoms with Crippen LogP contribution in [0.4, 0.5) is 0 Å². The third-order valence-corrected chi connectivity index (χ3v) is 4.23. The van der Waals surface area contributed by atoms with E-state index >= 15 is 0 Å². The first-order chi connectivity index (χ1) is 7.89. The fourth-order valence-corrected chi connectivity index (χ4v) is 2.80. The standard InChI is InChI=1S/C11H14INO3S/c1-3-4-11(2,10(15)16)13-9(14)7-5-8(12)17-6-7/h5-6H,3-4H2,1-2H3,(H,13,14)(H,15,16). The predicted octanol–water partition coefficient (Wildman–Crippen LogP) is 2.73. The van der Waals surface area contributed by atoms with Gasteiger partial charge < -0.3 is 10.4 Å². The zero-order chi connectivity index (χ0) is 13.1. The smallest absolute Gasteiger partial charge is 0.329 e. The SMILES string of the molecule is CCCC(C)(NC(=O)c1csc(I)c1)C(=O)O. The molecule has 1 aromatic heterocycles. The Morgan fingerprint density at radius 1 is 1.59 bits per heavy atom. The minimum absolute atomic E-state index is 0.331. The maximum Gasteiger partial charge on any atom is 0.329 e. The molecule has 4 nitrogen and oxygen atoms in total. The summed E-state index contributed by atoms with van der Waals surface area (Å²) in [5.41, 5.74) is -0.679. The van der Waals surface area contributed by atoms with E-state index in [2.05, 4.69) is 27.9 Å². The van der Waals surface area contributed by atoms with Gasteiger partial charge in [0.25, 0.3) is 5.91 Å². The van der Waals surface area contributed by atoms with Gasteiger partial charge in [-0.2, -0.15) is 0 Å². The molecule has 1 atom stereocenters. The van der Waals surface area contributed by atoms with E-state index in [4.69, 9.17) is 5.11 Å². The second-order valence-corrected chi connectivity index (χ2v) is 6.79. The highest BCUT2D eigenvalue weighted by Gasteiger charge is 2.34. The van der Waals surface area contributed by atoms with Crippen molar-refractivity contribution in [3.8, 4) is 0 Å². The van der Waals surface area contributed by atoms with E-state index in [0.717, 1.165) is 2.88 Å². The first kappa shape index (κ1) is 14.4. The predicted molar refractivity (Wildman–Crippen MR) is 75.5 cm³/mol. The molecule has 0 saturated heterocycles. The first-order valence-corrected chi connectivity index (χ1v) is 7.15. The summed E-state index contributed by atoms with van der Waals surface area (Å²) in [5, 5.41) is 13.5. The van der Waals surface area contributed by atoms with Crippen molar-refractivity contribution >= 4 is 45.8 Å². The molecule has 0 fully saturated rings. The van der Waals surface area contributed by atoms with Crippen molar-refractivity contribution in [2.24, 2.45) is 0 Å². The maximum absolute atomic E-state index is 11.9. The average molecular weight is 367 g/mol. The molecule has 1 unspecified atom stereocenters. The van der Waals surface area contributed by atoms with Crippen LogP contribution in [0.2, 0.25) is 0 Å². The quantitative estimate of drug-likeness (QED) is 0.787. The first-order valence-electron chi connectivity index (χ1n) is 5.19. The number of thiophene rings is 1. The minimum Gasteiger partial charge on any atom is -0.480 e. The number of carbonyl (C=O) groups excluding carboxylic acids is 1. The molecule has 0 bridgehead atoms. The highest BCUT2D eigenvalue weighted by Crippen LogP contribution is 2.19. The van der Waals surface area contributed by atoms with E-state index in [1.165, 1.54) is 18.3 Å². The summed E-state index contributed by atoms with van der Waals surface area (Å²) < 4.78 is 1.00. The lowest BCUT2D eigenvalue weighted by Gasteiger charge is -2.25. The fourth-order valence-electron chi connectivity index (χ4n) is 1.47. The van der Waals surface area contributed by atoms with Gasteiger partial charge in [0.15, 0.2) is 0 Å². The zero-order valence-electron chi connectivity index (χ0n) is 9.62. The van der Waals surface area contributed by atoms with E-state index in [1.54, 1.807) is 11.4 Å². The molecule has 1 amide bonds. The Morgan fingerprint density at radius 2 is 2.24 bits per heavy atom. The molecular weight excluding hydrogens is 353 g/mol. The highest BCUT2D eigenvalue weighted by atomic mass is 127. The topological polar surface area (TPSA) is 66.4 Å². The number of carboxylic acids is 1. The Hall–Kier alpha value is -0.630. The maximum atomic E-state index is 11.9. The van der Waals surface area contributed by atoms with E-state index in [9.17, 15) is 9.59 Å². The molecule has 1 heterocycles. The molecule has 0 spiro atoms. The van der Waals surface area contributed by atoms with Crippen molar-refractivity contribution < 1.29 is 14.7 Å². The summed E-state index contributed by atoms with van der Waals surface area (Å²) in [4.78, 5) is 23.1. The van der Waals surface area contributed by atoms with Gasteiger partial charge in [-0.15, -0.1) is 11.3 Å². The van der Waals surface area contributed by atoms with Crippen LogP contribution in [0.25, 0.3) is 0 Å². The van der Waals surface area contributed by atoms with Gasteiger partial charge in [0, 0.05) is 5.38 Å². The third-order valence-electron chi connectivity index (χ3n) is 2.44. The Labute approximate surface area is 118 Å². The van der Waals surface area contributed by atoms with Crippen molar-refractivity contribution in [2.45, 2.75) is 32.2 Å². The van der Waals surface area contributed by atoms with Crippen LogP contribution in [0.3, 0.4) is 0 Å². The van der Waals surface area contributed by atoms with E-state index in [0.29, 0.717) is 18.4 Å². The van der Waals surface area contributed by atoms with Gasteiger partial charge in [0.1, 0.15) is 5.54 Å². The average Bonchev–Trinajstić information content (AvgIpc) is 2.65. The number of aliphatic carboxylic acids is 1. The molecule has 2 N–H and O–H groups in total. The molecular formula is C11H14INO3S. The molecule has 94 valence electrons. The Bertz CT molecular complexity index is 432. The number of carboxylic acid groups (broad SMARTS) is 1. The minimum atomic E-state index is -1.20. The van der Waals surface area contributed by atoms with Crippen molar-refractivity contribution in [2.75, 3.05) is 0 Å². The number of carbonyl (C=O) groups is 2. The van der Waals surface area contributed by atoms with Crippen LogP contribution >= 0.6 is 33.9 Å². The summed E-state index contributed by atoms with van der Waals surface area (Å²) in [7, 11) is 0. The largest absolute Gasteiger partial charge is 0.480 e. The molecule has 6 heteroatoms. The van der Waals surface area contributed by atoms with Crippen molar-refractivity contribution in [1.82, 2.24) is 5.32 Å². The summed E-state index contributed by atoms with van der Waals surface area (Å²) in [5.74, 6) is -1.33. The number of hydrogen-bond acceptors (Lipinski definition) is 3. The summed E-state index contributed by atoms with van der Waals surface area (Å²) in [6, 6.07) is 1.74. The van der Waals surface area contributed by atoms with E-state index < -0.39 is 11.5 Å². The van der Waals surface area contributed by atoms with Crippen LogP contribution in [-0.4, -0.2) is 22.5 Å². The van der Waals surface area contributed by atoms with E-state index in [-0.39, 0.29) is 5.91 Å². The molecule has 0 saturated carbocycles. The molecule has 0 radical (unpaired) electrons. The van der Waals surface area contributed by atoms with Gasteiger partial charge in [-0.3, -0.25) is 4.79 Å². The van der Waals surface area contributed by atoms with Gasteiger partial charge in [0.05, 0.1) is 8.45 Å². The molecule has 0 aromatic carbocycles. The Morgan fingerprint density at radius 3 is 2.65 bits per heavy atom. The van der Waals surface area contributed by atoms with Crippen LogP contribution in [0.5, 0.6) is 0 Å². The molecule has 1 aromatic rings. The van der Waals surface area contributed by atoms with Crippen molar-refractivity contribution in [1.29, 1.82) is 0 Å². The van der Waals surface area contributed by atoms with Gasteiger partial charge in [-0.05, 0) is 42.0 Å². The number of rotatable bonds is 5. The fraction of sp³-hybridized carbons (Fsp3) is 0.455. The monoisotopic (exact) mass is 367 g/mol. The number of hydrogen-bond donors (Lipinski definition) is 2. The lowest BCUT2D eigenvalue weighted by molar-refractivity contribution is -0.144. The molecule has 17 heavy (non-hydrogen) atoms. The summed E-state index contributed by atoms with van der Waals surface area (Å²) >= 11 is 3.58. The number of halogens is 1. The third kappa shape index (κ3) is 3.67. The Balaban J connectivity index is 2.81. The van der Waals surface area contributed by atoms with Crippen molar-refractivity contribution in [3.05, 3.63) is 19.9 Å². The summed E-state index contributed by atoms with van der Waals surface area (Å²) in [6.07, 6.45) is 1.11. The molecule has 0 aliphatic heterocycles. The summed E-state index contributed by atoms with van der Waals surface area (Å²) in [6.45, 7) is 3.43. The highest BCUT2D eigenvalue weighted by molar-refractivity contribution is 14.1. The van der Waals surface area contributed by atoms with Crippen molar-refractivity contribution in [3.63, 3.8) is 0 Å². The van der Waals surface area contributed by atoms with Crippen LogP contribution in [0.15, 0.2) is 11.4 Å². The van der Waals surface area contributed by atoms with Crippen LogP contribution < -0.4 is 5.32 Å². The Kier molecular flexibility index (Phi) is 4.93. The van der Waals surface area contributed by atoms with Gasteiger partial charge >= 0.3 is 5.97 Å². The van der Waals surface area contributed by atoms with Gasteiger partial charge in [-0.1, -0.05) is 13.3 Å². The van der Waals surface area contributed by atoms with E-state index in [1.807, 2.05) is 6.92 Å². The van der Waals surface area contributed by atoms with Crippen LogP contribution in [0, 0.1) is 2.88 Å². The normalized spacial score (nSPS) is 14.1. The lowest BCUT2D eigenvalue weighted by Crippen LogP contribution is -2.52.